The molecule has 0 fully saturated rings. The maximum atomic E-state index is 11.0. The van der Waals surface area contributed by atoms with Crippen LogP contribution in [-0.2, 0) is 26.5 Å². The molecule has 1 amide bonds. The molecule has 0 spiro atoms. The van der Waals surface area contributed by atoms with Gasteiger partial charge >= 0.3 is 21.7 Å². The number of carbonyl (C=O) groups excluding carboxylic acids is 1. The Morgan fingerprint density at radius 1 is 1.31 bits per heavy atom. The number of aliphatic hydroxyl groups is 1. The van der Waals surface area contributed by atoms with Gasteiger partial charge in [0, 0.05) is 20.7 Å². The van der Waals surface area contributed by atoms with E-state index in [1.165, 1.54) is 4.90 Å². The predicted molar refractivity (Wildman–Crippen MR) is 65.9 cm³/mol. The maximum absolute atomic E-state index is 11.0. The predicted octanol–water partition coefficient (Wildman–Crippen LogP) is 1.90. The van der Waals surface area contributed by atoms with E-state index in [0.29, 0.717) is 0 Å². The fraction of sp³-hybridized carbons (Fsp3) is 0.500. The molecule has 0 rings (SSSR count). The van der Waals surface area contributed by atoms with Gasteiger partial charge < -0.3 is 24.9 Å². The number of rotatable bonds is 5. The van der Waals surface area contributed by atoms with Crippen molar-refractivity contribution in [3.8, 4) is 0 Å². The number of likely N-dealkylation sites (N-methyl/N-ethyl adjacent to an activating group) is 1. The minimum Gasteiger partial charge on any atom is -0.396 e. The summed E-state index contributed by atoms with van der Waals surface area (Å²) < 4.78 is 0. The molecule has 0 aliphatic carbocycles. The van der Waals surface area contributed by atoms with Crippen LogP contribution in [-0.4, -0.2) is 36.6 Å². The Morgan fingerprint density at radius 3 is 2.19 bits per heavy atom. The van der Waals surface area contributed by atoms with Gasteiger partial charge in [0.2, 0.25) is 5.91 Å². The van der Waals surface area contributed by atoms with E-state index in [1.807, 2.05) is 13.0 Å². The van der Waals surface area contributed by atoms with Gasteiger partial charge in [-0.05, 0) is 24.8 Å². The Hall–Kier alpha value is -0.116. The van der Waals surface area contributed by atoms with Crippen molar-refractivity contribution in [2.45, 2.75) is 19.8 Å². The Kier molecular flexibility index (Phi) is 23.2. The molecule has 16 heavy (non-hydrogen) atoms. The van der Waals surface area contributed by atoms with Crippen LogP contribution in [0, 0.1) is 20.8 Å². The zero-order chi connectivity index (χ0) is 10.3. The van der Waals surface area contributed by atoms with Crippen molar-refractivity contribution in [2.24, 2.45) is 0 Å². The molecule has 0 aliphatic rings. The summed E-state index contributed by atoms with van der Waals surface area (Å²) in [6, 6.07) is 0. The van der Waals surface area contributed by atoms with Crippen molar-refractivity contribution in [3.05, 3.63) is 32.9 Å². The molecule has 1 N–H and O–H groups in total. The molecule has 0 aromatic heterocycles. The Balaban J connectivity index is -0.000000240. The second-order valence-corrected chi connectivity index (χ2v) is 3.29. The number of amides is 1. The number of nitrogens with zero attached hydrogens (tertiary/aromatic N) is 1. The first kappa shape index (κ1) is 24.9. The van der Waals surface area contributed by atoms with Crippen molar-refractivity contribution >= 4 is 5.91 Å². The molecule has 93 valence electrons. The van der Waals surface area contributed by atoms with Crippen molar-refractivity contribution in [3.63, 3.8) is 0 Å². The minimum absolute atomic E-state index is 0. The van der Waals surface area contributed by atoms with Gasteiger partial charge in [-0.15, -0.1) is 0 Å². The van der Waals surface area contributed by atoms with Gasteiger partial charge in [-0.2, -0.15) is 0 Å². The van der Waals surface area contributed by atoms with E-state index in [2.05, 4.69) is 0 Å². The first-order chi connectivity index (χ1) is 6.07. The van der Waals surface area contributed by atoms with E-state index in [1.54, 1.807) is 20.2 Å². The van der Waals surface area contributed by atoms with E-state index in [4.69, 9.17) is 5.11 Å². The zero-order valence-corrected chi connectivity index (χ0v) is 12.6. The first-order valence-corrected chi connectivity index (χ1v) is 4.38. The summed E-state index contributed by atoms with van der Waals surface area (Å²) in [5.41, 5.74) is 0. The van der Waals surface area contributed by atoms with Crippen molar-refractivity contribution < 1.29 is 31.6 Å². The number of allylic oxidation sites excluding steroid dienone is 1. The van der Waals surface area contributed by atoms with Crippen molar-refractivity contribution in [2.75, 3.05) is 20.7 Å². The minimum atomic E-state index is 0. The largest absolute Gasteiger partial charge is 2.00 e. The Bertz CT molecular complexity index is 182. The summed E-state index contributed by atoms with van der Waals surface area (Å²) in [4.78, 5) is 12.6. The van der Waals surface area contributed by atoms with Crippen LogP contribution in [0.4, 0.5) is 0 Å². The van der Waals surface area contributed by atoms with Crippen LogP contribution < -0.4 is 0 Å². The molecule has 0 saturated carbocycles. The maximum Gasteiger partial charge on any atom is 2.00 e. The molecular formula is C12H24NO2Ti. The average Bonchev–Trinajstić information content (AvgIpc) is 2.11. The molecule has 0 heterocycles. The third kappa shape index (κ3) is 13.9. The molecule has 0 atom stereocenters. The summed E-state index contributed by atoms with van der Waals surface area (Å²) in [6.07, 6.45) is 5.05. The fourth-order valence-corrected chi connectivity index (χ4v) is 0.742. The summed E-state index contributed by atoms with van der Waals surface area (Å²) >= 11 is 0. The van der Waals surface area contributed by atoms with Crippen LogP contribution in [0.3, 0.4) is 0 Å². The third-order valence-corrected chi connectivity index (χ3v) is 1.71. The smallest absolute Gasteiger partial charge is 0.396 e. The van der Waals surface area contributed by atoms with E-state index in [-0.39, 0.29) is 49.1 Å². The molecule has 4 heteroatoms. The number of hydrogen-bond acceptors (Lipinski definition) is 2. The van der Waals surface area contributed by atoms with Gasteiger partial charge in [0.15, 0.2) is 0 Å². The van der Waals surface area contributed by atoms with Gasteiger partial charge in [-0.1, -0.05) is 13.0 Å². The Labute approximate surface area is 116 Å². The van der Waals surface area contributed by atoms with E-state index in [0.717, 1.165) is 18.8 Å². The number of aliphatic hydroxyl groups excluding tert-OH is 1. The van der Waals surface area contributed by atoms with Crippen LogP contribution in [0.5, 0.6) is 0 Å². The van der Waals surface area contributed by atoms with E-state index >= 15 is 0 Å². The first-order valence-electron chi connectivity index (χ1n) is 4.38. The van der Waals surface area contributed by atoms with Gasteiger partial charge in [0.1, 0.15) is 0 Å². The molecule has 0 aromatic carbocycles. The zero-order valence-electron chi connectivity index (χ0n) is 11.1. The third-order valence-electron chi connectivity index (χ3n) is 1.71. The van der Waals surface area contributed by atoms with Gasteiger partial charge in [0.05, 0.1) is 0 Å². The Morgan fingerprint density at radius 2 is 1.81 bits per heavy atom. The number of hydrogen-bond donors (Lipinski definition) is 1. The van der Waals surface area contributed by atoms with E-state index in [9.17, 15) is 4.79 Å². The van der Waals surface area contributed by atoms with Gasteiger partial charge in [-0.25, -0.2) is 0 Å². The van der Waals surface area contributed by atoms with Crippen molar-refractivity contribution in [1.29, 1.82) is 0 Å². The normalized spacial score (nSPS) is 9.06. The van der Waals surface area contributed by atoms with E-state index < -0.39 is 0 Å². The summed E-state index contributed by atoms with van der Waals surface area (Å²) in [5, 5.41) is 8.70. The number of carbonyl (C=O) groups is 1. The SMILES string of the molecule is C[C](CO)CC/C=C/C(=O)N(C)C.[CH3-].[CH3-].[Ti+2]. The summed E-state index contributed by atoms with van der Waals surface area (Å²) in [5.74, 6) is 1.05. The topological polar surface area (TPSA) is 40.5 Å². The average molecular weight is 262 g/mol. The van der Waals surface area contributed by atoms with Crippen LogP contribution in [0.15, 0.2) is 12.2 Å². The molecule has 3 nitrogen and oxygen atoms in total. The second-order valence-electron chi connectivity index (χ2n) is 3.29. The van der Waals surface area contributed by atoms with Gasteiger partial charge in [-0.3, -0.25) is 4.79 Å². The summed E-state index contributed by atoms with van der Waals surface area (Å²) in [6.45, 7) is 2.04. The summed E-state index contributed by atoms with van der Waals surface area (Å²) in [7, 11) is 3.44. The van der Waals surface area contributed by atoms with Crippen LogP contribution in [0.25, 0.3) is 0 Å². The molecular weight excluding hydrogens is 238 g/mol. The molecule has 0 saturated heterocycles. The van der Waals surface area contributed by atoms with Gasteiger partial charge in [0.25, 0.3) is 0 Å². The molecule has 0 aromatic rings. The van der Waals surface area contributed by atoms with Crippen LogP contribution in [0.1, 0.15) is 19.8 Å². The standard InChI is InChI=1S/C10H18NO2.2CH3.Ti/c1-9(8-12)6-4-5-7-10(13)11(2)3;;;/h5,7,12H,4,6,8H2,1-3H3;2*1H3;/q;2*-1;+2/b7-5+;;;. The van der Waals surface area contributed by atoms with Crippen LogP contribution >= 0.6 is 0 Å². The molecule has 0 unspecified atom stereocenters. The molecule has 1 radical (unpaired) electrons. The second kappa shape index (κ2) is 14.9. The van der Waals surface area contributed by atoms with Crippen molar-refractivity contribution in [1.82, 2.24) is 4.90 Å². The molecule has 0 aliphatic heterocycles. The quantitative estimate of drug-likeness (QED) is 0.467. The fourth-order valence-electron chi connectivity index (χ4n) is 0.742. The monoisotopic (exact) mass is 262 g/mol. The molecule has 0 bridgehead atoms. The van der Waals surface area contributed by atoms with Crippen LogP contribution in [0.2, 0.25) is 0 Å².